The Morgan fingerprint density at radius 2 is 1.92 bits per heavy atom. The van der Waals surface area contributed by atoms with Crippen LogP contribution in [0.15, 0.2) is 28.8 Å². The summed E-state index contributed by atoms with van der Waals surface area (Å²) in [6, 6.07) is 6.45. The van der Waals surface area contributed by atoms with Crippen molar-refractivity contribution in [3.8, 4) is 11.5 Å². The quantitative estimate of drug-likeness (QED) is 0.800. The van der Waals surface area contributed by atoms with E-state index in [1.165, 1.54) is 14.2 Å². The van der Waals surface area contributed by atoms with E-state index in [-0.39, 0.29) is 24.8 Å². The number of hydrogen-bond donors (Lipinski definition) is 2. The number of aromatic nitrogens is 1. The van der Waals surface area contributed by atoms with Gasteiger partial charge in [0.05, 0.1) is 14.2 Å². The first-order valence-corrected chi connectivity index (χ1v) is 7.27. The van der Waals surface area contributed by atoms with Gasteiger partial charge in [-0.05, 0) is 25.1 Å². The Kier molecular flexibility index (Phi) is 5.78. The van der Waals surface area contributed by atoms with Crippen molar-refractivity contribution in [2.24, 2.45) is 0 Å². The molecule has 0 atom stereocenters. The Bertz CT molecular complexity index is 726. The number of benzene rings is 1. The van der Waals surface area contributed by atoms with E-state index in [1.54, 1.807) is 31.2 Å². The molecule has 1 heterocycles. The molecule has 0 aliphatic carbocycles. The van der Waals surface area contributed by atoms with Gasteiger partial charge < -0.3 is 24.6 Å². The molecule has 2 rings (SSSR count). The van der Waals surface area contributed by atoms with Gasteiger partial charge in [-0.15, -0.1) is 0 Å². The van der Waals surface area contributed by atoms with Crippen LogP contribution in [0.1, 0.15) is 22.5 Å². The van der Waals surface area contributed by atoms with Gasteiger partial charge in [0.15, 0.2) is 17.3 Å². The van der Waals surface area contributed by atoms with Gasteiger partial charge in [-0.1, -0.05) is 5.16 Å². The van der Waals surface area contributed by atoms with Crippen molar-refractivity contribution in [1.29, 1.82) is 0 Å². The molecule has 128 valence electrons. The summed E-state index contributed by atoms with van der Waals surface area (Å²) in [6.07, 6.45) is 0.116. The molecular weight excluding hydrogens is 314 g/mol. The number of aryl methyl sites for hydroxylation is 1. The second-order valence-electron chi connectivity index (χ2n) is 4.95. The van der Waals surface area contributed by atoms with Crippen molar-refractivity contribution in [1.82, 2.24) is 10.5 Å². The number of nitrogens with one attached hydrogen (secondary N) is 2. The topological polar surface area (TPSA) is 103 Å². The number of hydrogen-bond acceptors (Lipinski definition) is 6. The molecule has 0 fully saturated rings. The van der Waals surface area contributed by atoms with Crippen LogP contribution in [0.5, 0.6) is 11.5 Å². The number of carbonyl (C=O) groups is 2. The van der Waals surface area contributed by atoms with Crippen LogP contribution in [0.4, 0.5) is 5.82 Å². The average Bonchev–Trinajstić information content (AvgIpc) is 2.98. The summed E-state index contributed by atoms with van der Waals surface area (Å²) in [5.41, 5.74) is 0.417. The molecule has 0 radical (unpaired) electrons. The van der Waals surface area contributed by atoms with Crippen LogP contribution in [0.3, 0.4) is 0 Å². The van der Waals surface area contributed by atoms with Gasteiger partial charge in [0.2, 0.25) is 5.91 Å². The van der Waals surface area contributed by atoms with Gasteiger partial charge in [0.1, 0.15) is 5.76 Å². The van der Waals surface area contributed by atoms with Gasteiger partial charge in [-0.25, -0.2) is 0 Å². The first kappa shape index (κ1) is 17.3. The van der Waals surface area contributed by atoms with Crippen molar-refractivity contribution in [2.75, 3.05) is 26.1 Å². The third-order valence-corrected chi connectivity index (χ3v) is 3.18. The van der Waals surface area contributed by atoms with Gasteiger partial charge in [0.25, 0.3) is 5.91 Å². The monoisotopic (exact) mass is 333 g/mol. The summed E-state index contributed by atoms with van der Waals surface area (Å²) in [4.78, 5) is 23.8. The van der Waals surface area contributed by atoms with Crippen molar-refractivity contribution in [3.63, 3.8) is 0 Å². The van der Waals surface area contributed by atoms with Gasteiger partial charge in [0, 0.05) is 24.6 Å². The number of rotatable bonds is 7. The maximum absolute atomic E-state index is 12.1. The summed E-state index contributed by atoms with van der Waals surface area (Å²) < 4.78 is 15.1. The molecule has 2 aromatic rings. The number of amides is 2. The maximum atomic E-state index is 12.1. The molecule has 8 heteroatoms. The molecule has 0 aliphatic heterocycles. The number of nitrogens with zero attached hydrogens (tertiary/aromatic N) is 1. The van der Waals surface area contributed by atoms with E-state index >= 15 is 0 Å². The highest BCUT2D eigenvalue weighted by molar-refractivity contribution is 5.95. The van der Waals surface area contributed by atoms with E-state index in [9.17, 15) is 9.59 Å². The van der Waals surface area contributed by atoms with Crippen LogP contribution < -0.4 is 20.1 Å². The molecule has 0 saturated carbocycles. The summed E-state index contributed by atoms with van der Waals surface area (Å²) in [5.74, 6) is 1.38. The van der Waals surface area contributed by atoms with E-state index in [0.29, 0.717) is 28.6 Å². The van der Waals surface area contributed by atoms with Crippen LogP contribution in [-0.2, 0) is 4.79 Å². The minimum atomic E-state index is -0.305. The Hall–Kier alpha value is -3.03. The third-order valence-electron chi connectivity index (χ3n) is 3.18. The Balaban J connectivity index is 1.83. The highest BCUT2D eigenvalue weighted by atomic mass is 16.5. The van der Waals surface area contributed by atoms with Crippen LogP contribution in [0.25, 0.3) is 0 Å². The lowest BCUT2D eigenvalue weighted by Gasteiger charge is -2.10. The smallest absolute Gasteiger partial charge is 0.251 e. The molecule has 1 aromatic carbocycles. The minimum Gasteiger partial charge on any atom is -0.493 e. The zero-order valence-corrected chi connectivity index (χ0v) is 13.7. The fourth-order valence-electron chi connectivity index (χ4n) is 2.00. The normalized spacial score (nSPS) is 10.1. The molecular formula is C16H19N3O5. The summed E-state index contributed by atoms with van der Waals surface area (Å²) in [7, 11) is 3.02. The molecule has 0 unspecified atom stereocenters. The lowest BCUT2D eigenvalue weighted by Crippen LogP contribution is -2.27. The molecule has 1 aromatic heterocycles. The fraction of sp³-hybridized carbons (Fsp3) is 0.312. The van der Waals surface area contributed by atoms with E-state index in [0.717, 1.165) is 0 Å². The summed E-state index contributed by atoms with van der Waals surface area (Å²) >= 11 is 0. The van der Waals surface area contributed by atoms with E-state index in [4.69, 9.17) is 14.0 Å². The fourth-order valence-corrected chi connectivity index (χ4v) is 2.00. The molecule has 0 saturated heterocycles. The molecule has 2 amide bonds. The second-order valence-corrected chi connectivity index (χ2v) is 4.95. The Labute approximate surface area is 139 Å². The van der Waals surface area contributed by atoms with Crippen molar-refractivity contribution in [2.45, 2.75) is 13.3 Å². The number of methoxy groups -OCH3 is 2. The lowest BCUT2D eigenvalue weighted by molar-refractivity contribution is -0.116. The minimum absolute atomic E-state index is 0.116. The molecule has 8 nitrogen and oxygen atoms in total. The van der Waals surface area contributed by atoms with Gasteiger partial charge in [-0.3, -0.25) is 9.59 Å². The maximum Gasteiger partial charge on any atom is 0.251 e. The van der Waals surface area contributed by atoms with E-state index in [1.807, 2.05) is 0 Å². The number of anilines is 1. The number of ether oxygens (including phenoxy) is 2. The van der Waals surface area contributed by atoms with Gasteiger partial charge >= 0.3 is 0 Å². The standard InChI is InChI=1S/C16H19N3O5/c1-10-8-14(19-24-10)18-15(20)6-7-17-16(21)11-4-5-12(22-2)13(9-11)23-3/h4-5,8-9H,6-7H2,1-3H3,(H,17,21)(H,18,19,20). The number of carbonyl (C=O) groups excluding carboxylic acids is 2. The molecule has 0 spiro atoms. The summed E-state index contributed by atoms with van der Waals surface area (Å²) in [6.45, 7) is 1.92. The average molecular weight is 333 g/mol. The van der Waals surface area contributed by atoms with Crippen LogP contribution in [-0.4, -0.2) is 37.7 Å². The highest BCUT2D eigenvalue weighted by Gasteiger charge is 2.11. The van der Waals surface area contributed by atoms with Crippen LogP contribution in [0.2, 0.25) is 0 Å². The molecule has 0 bridgehead atoms. The SMILES string of the molecule is COc1ccc(C(=O)NCCC(=O)Nc2cc(C)on2)cc1OC. The van der Waals surface area contributed by atoms with E-state index < -0.39 is 0 Å². The summed E-state index contributed by atoms with van der Waals surface area (Å²) in [5, 5.41) is 8.91. The second kappa shape index (κ2) is 8.00. The van der Waals surface area contributed by atoms with E-state index in [2.05, 4.69) is 15.8 Å². The first-order chi connectivity index (χ1) is 11.5. The van der Waals surface area contributed by atoms with Crippen molar-refractivity contribution >= 4 is 17.6 Å². The highest BCUT2D eigenvalue weighted by Crippen LogP contribution is 2.27. The lowest BCUT2D eigenvalue weighted by atomic mass is 10.2. The molecule has 24 heavy (non-hydrogen) atoms. The van der Waals surface area contributed by atoms with Crippen molar-refractivity contribution < 1.29 is 23.6 Å². The zero-order valence-electron chi connectivity index (χ0n) is 13.7. The predicted molar refractivity (Wildman–Crippen MR) is 86.4 cm³/mol. The predicted octanol–water partition coefficient (Wildman–Crippen LogP) is 1.76. The van der Waals surface area contributed by atoms with Crippen LogP contribution in [0, 0.1) is 6.92 Å². The first-order valence-electron chi connectivity index (χ1n) is 7.27. The van der Waals surface area contributed by atoms with Gasteiger partial charge in [-0.2, -0.15) is 0 Å². The van der Waals surface area contributed by atoms with Crippen molar-refractivity contribution in [3.05, 3.63) is 35.6 Å². The largest absolute Gasteiger partial charge is 0.493 e. The van der Waals surface area contributed by atoms with Crippen LogP contribution >= 0.6 is 0 Å². The third kappa shape index (κ3) is 4.48. The molecule has 0 aliphatic rings. The zero-order chi connectivity index (χ0) is 17.5. The Morgan fingerprint density at radius 3 is 2.54 bits per heavy atom. The Morgan fingerprint density at radius 1 is 1.17 bits per heavy atom. The molecule has 2 N–H and O–H groups in total.